The number of thiazole rings is 1. The minimum atomic E-state index is -0.403. The summed E-state index contributed by atoms with van der Waals surface area (Å²) in [4.78, 5) is 20.2. The van der Waals surface area contributed by atoms with Crippen molar-refractivity contribution in [3.8, 4) is 11.1 Å². The number of nitro groups is 1. The van der Waals surface area contributed by atoms with Crippen molar-refractivity contribution < 1.29 is 4.92 Å². The molecule has 1 N–H and O–H groups in total. The van der Waals surface area contributed by atoms with Crippen molar-refractivity contribution in [2.24, 2.45) is 0 Å². The lowest BCUT2D eigenvalue weighted by Gasteiger charge is -2.11. The fraction of sp³-hybridized carbons (Fsp3) is 0.0909. The number of benzene rings is 2. The Morgan fingerprint density at radius 2 is 1.94 bits per heavy atom. The molecule has 0 radical (unpaired) electrons. The zero-order chi connectivity index (χ0) is 21.2. The molecule has 0 amide bonds. The first kappa shape index (κ1) is 19.0. The first-order valence-corrected chi connectivity index (χ1v) is 10.5. The Bertz CT molecular complexity index is 1340. The van der Waals surface area contributed by atoms with Crippen molar-refractivity contribution in [1.29, 1.82) is 0 Å². The van der Waals surface area contributed by atoms with Crippen molar-refractivity contribution in [2.45, 2.75) is 13.1 Å². The number of imidazole rings is 2. The molecule has 0 aliphatic carbocycles. The predicted octanol–water partition coefficient (Wildman–Crippen LogP) is 4.83. The van der Waals surface area contributed by atoms with Gasteiger partial charge in [-0.2, -0.15) is 9.38 Å². The van der Waals surface area contributed by atoms with E-state index in [2.05, 4.69) is 45.6 Å². The molecule has 0 unspecified atom stereocenters. The molecule has 0 aliphatic heterocycles. The zero-order valence-corrected chi connectivity index (χ0v) is 17.2. The van der Waals surface area contributed by atoms with E-state index in [1.807, 2.05) is 29.0 Å². The molecular weight excluding hydrogens is 412 g/mol. The highest BCUT2D eigenvalue weighted by Crippen LogP contribution is 2.30. The van der Waals surface area contributed by atoms with Crippen LogP contribution in [0.15, 0.2) is 78.8 Å². The summed E-state index contributed by atoms with van der Waals surface area (Å²) in [5.41, 5.74) is 4.39. The number of hydrogen-bond donors (Lipinski definition) is 1. The Hall–Kier alpha value is -3.98. The van der Waals surface area contributed by atoms with Crippen LogP contribution < -0.4 is 5.32 Å². The average Bonchev–Trinajstić information content (AvgIpc) is 3.50. The summed E-state index contributed by atoms with van der Waals surface area (Å²) in [5.74, 6) is 0.236. The van der Waals surface area contributed by atoms with Gasteiger partial charge in [0.25, 0.3) is 4.96 Å². The van der Waals surface area contributed by atoms with E-state index in [1.54, 1.807) is 24.1 Å². The van der Waals surface area contributed by atoms with Crippen molar-refractivity contribution >= 4 is 27.9 Å². The average molecular weight is 430 g/mol. The third-order valence-corrected chi connectivity index (χ3v) is 5.82. The van der Waals surface area contributed by atoms with Crippen molar-refractivity contribution in [2.75, 3.05) is 5.32 Å². The van der Waals surface area contributed by atoms with E-state index in [1.165, 1.54) is 21.3 Å². The Balaban J connectivity index is 1.38. The van der Waals surface area contributed by atoms with Crippen LogP contribution in [0.4, 0.5) is 11.6 Å². The fourth-order valence-electron chi connectivity index (χ4n) is 3.58. The van der Waals surface area contributed by atoms with Crippen LogP contribution in [-0.2, 0) is 13.1 Å². The topological polar surface area (TPSA) is 90.3 Å². The van der Waals surface area contributed by atoms with Crippen LogP contribution in [0.1, 0.15) is 11.1 Å². The molecule has 0 spiro atoms. The summed E-state index contributed by atoms with van der Waals surface area (Å²) in [6, 6.07) is 16.4. The van der Waals surface area contributed by atoms with Gasteiger partial charge >= 0.3 is 5.82 Å². The van der Waals surface area contributed by atoms with Gasteiger partial charge in [0.05, 0.1) is 6.33 Å². The van der Waals surface area contributed by atoms with E-state index < -0.39 is 4.92 Å². The number of aromatic nitrogens is 4. The largest absolute Gasteiger partial charge is 0.372 e. The highest BCUT2D eigenvalue weighted by molar-refractivity contribution is 7.15. The smallest absolute Gasteiger partial charge is 0.359 e. The van der Waals surface area contributed by atoms with Crippen LogP contribution >= 0.6 is 11.3 Å². The van der Waals surface area contributed by atoms with Crippen LogP contribution in [0.3, 0.4) is 0 Å². The molecule has 154 valence electrons. The van der Waals surface area contributed by atoms with Gasteiger partial charge in [0.2, 0.25) is 5.82 Å². The van der Waals surface area contributed by atoms with Crippen molar-refractivity contribution in [1.82, 2.24) is 18.9 Å². The summed E-state index contributed by atoms with van der Waals surface area (Å²) in [7, 11) is 0. The van der Waals surface area contributed by atoms with Crippen molar-refractivity contribution in [3.05, 3.63) is 100 Å². The lowest BCUT2D eigenvalue weighted by atomic mass is 9.98. The minimum absolute atomic E-state index is 0.0439. The van der Waals surface area contributed by atoms with Gasteiger partial charge in [0.1, 0.15) is 6.20 Å². The molecule has 0 atom stereocenters. The number of hydrogen-bond acceptors (Lipinski definition) is 6. The van der Waals surface area contributed by atoms with Gasteiger partial charge in [0.15, 0.2) is 0 Å². The number of rotatable bonds is 7. The lowest BCUT2D eigenvalue weighted by molar-refractivity contribution is -0.389. The van der Waals surface area contributed by atoms with Gasteiger partial charge in [-0.05, 0) is 27.2 Å². The predicted molar refractivity (Wildman–Crippen MR) is 120 cm³/mol. The first-order valence-electron chi connectivity index (χ1n) is 9.66. The molecule has 2 aromatic carbocycles. The summed E-state index contributed by atoms with van der Waals surface area (Å²) in [6.45, 7) is 1.20. The molecule has 8 nitrogen and oxygen atoms in total. The summed E-state index contributed by atoms with van der Waals surface area (Å²) in [6.07, 6.45) is 7.17. The maximum atomic E-state index is 11.5. The van der Waals surface area contributed by atoms with Gasteiger partial charge in [-0.25, -0.2) is 4.98 Å². The van der Waals surface area contributed by atoms with Crippen LogP contribution in [0, 0.1) is 10.1 Å². The summed E-state index contributed by atoms with van der Waals surface area (Å²) >= 11 is 1.37. The molecular formula is C22H18N6O2S. The van der Waals surface area contributed by atoms with Gasteiger partial charge in [-0.3, -0.25) is 0 Å². The molecule has 0 fully saturated rings. The van der Waals surface area contributed by atoms with Gasteiger partial charge in [-0.1, -0.05) is 59.9 Å². The third kappa shape index (κ3) is 3.78. The monoisotopic (exact) mass is 430 g/mol. The number of anilines is 1. The van der Waals surface area contributed by atoms with E-state index in [4.69, 9.17) is 0 Å². The Labute approximate surface area is 181 Å². The van der Waals surface area contributed by atoms with E-state index >= 15 is 0 Å². The third-order valence-electron chi connectivity index (χ3n) is 5.06. The normalized spacial score (nSPS) is 11.1. The maximum Gasteiger partial charge on any atom is 0.372 e. The first-order chi connectivity index (χ1) is 15.2. The van der Waals surface area contributed by atoms with Gasteiger partial charge in [-0.15, -0.1) is 0 Å². The van der Waals surface area contributed by atoms with E-state index in [0.29, 0.717) is 11.5 Å². The molecule has 5 rings (SSSR count). The van der Waals surface area contributed by atoms with Crippen LogP contribution in [0.5, 0.6) is 0 Å². The fourth-order valence-corrected chi connectivity index (χ4v) is 4.29. The molecule has 3 aromatic heterocycles. The SMILES string of the molecule is O=[N+]([O-])c1c(NCc2ccccc2-c2ccc(Cn3ccnc3)cc2)nc2sccn12. The molecule has 0 saturated carbocycles. The highest BCUT2D eigenvalue weighted by Gasteiger charge is 2.23. The summed E-state index contributed by atoms with van der Waals surface area (Å²) in [5, 5.41) is 16.5. The van der Waals surface area contributed by atoms with Gasteiger partial charge in [0, 0.05) is 30.9 Å². The number of fused-ring (bicyclic) bond motifs is 1. The molecule has 31 heavy (non-hydrogen) atoms. The van der Waals surface area contributed by atoms with E-state index in [-0.39, 0.29) is 11.6 Å². The molecule has 0 bridgehead atoms. The zero-order valence-electron chi connectivity index (χ0n) is 16.4. The second-order valence-electron chi connectivity index (χ2n) is 7.04. The molecule has 0 aliphatic rings. The second-order valence-corrected chi connectivity index (χ2v) is 7.91. The Morgan fingerprint density at radius 3 is 2.71 bits per heavy atom. The highest BCUT2D eigenvalue weighted by atomic mass is 32.1. The second kappa shape index (κ2) is 8.04. The standard InChI is InChI=1S/C22H18N6O2S/c29-28(30)21-20(25-22-27(21)11-12-31-22)24-13-18-3-1-2-4-19(18)17-7-5-16(6-8-17)14-26-10-9-23-15-26/h1-12,15,24H,13-14H2. The molecule has 3 heterocycles. The van der Waals surface area contributed by atoms with E-state index in [0.717, 1.165) is 23.2 Å². The van der Waals surface area contributed by atoms with Crippen LogP contribution in [-0.4, -0.2) is 23.9 Å². The van der Waals surface area contributed by atoms with Gasteiger partial charge < -0.3 is 20.0 Å². The maximum absolute atomic E-state index is 11.5. The van der Waals surface area contributed by atoms with Crippen LogP contribution in [0.25, 0.3) is 16.1 Å². The van der Waals surface area contributed by atoms with Crippen molar-refractivity contribution in [3.63, 3.8) is 0 Å². The number of nitrogens with one attached hydrogen (secondary N) is 1. The molecule has 9 heteroatoms. The Morgan fingerprint density at radius 1 is 1.10 bits per heavy atom. The molecule has 5 aromatic rings. The lowest BCUT2D eigenvalue weighted by Crippen LogP contribution is -2.04. The minimum Gasteiger partial charge on any atom is -0.359 e. The summed E-state index contributed by atoms with van der Waals surface area (Å²) < 4.78 is 3.52. The Kier molecular flexibility index (Phi) is 4.93. The quantitative estimate of drug-likeness (QED) is 0.295. The van der Waals surface area contributed by atoms with Crippen LogP contribution in [0.2, 0.25) is 0 Å². The van der Waals surface area contributed by atoms with E-state index in [9.17, 15) is 10.1 Å². The molecule has 0 saturated heterocycles. The number of nitrogens with zero attached hydrogens (tertiary/aromatic N) is 5.